The first-order valence-corrected chi connectivity index (χ1v) is 6.49. The summed E-state index contributed by atoms with van der Waals surface area (Å²) in [5.74, 6) is 0.0224. The first-order valence-electron chi connectivity index (χ1n) is 4.31. The van der Waals surface area contributed by atoms with Crippen LogP contribution in [0, 0.1) is 6.92 Å². The Kier molecular flexibility index (Phi) is 3.82. The van der Waals surface area contributed by atoms with Gasteiger partial charge in [-0.25, -0.2) is 8.42 Å². The van der Waals surface area contributed by atoms with Crippen molar-refractivity contribution in [2.24, 2.45) is 0 Å². The van der Waals surface area contributed by atoms with Gasteiger partial charge in [-0.3, -0.25) is 4.72 Å². The lowest BCUT2D eigenvalue weighted by molar-refractivity contribution is 0.475. The van der Waals surface area contributed by atoms with Crippen LogP contribution in [0.25, 0.3) is 0 Å². The number of anilines is 1. The molecule has 0 saturated carbocycles. The SMILES string of the molecule is Cc1cc(O)ccc1NS(=O)(=O)CCCl. The number of sulfonamides is 1. The van der Waals surface area contributed by atoms with Crippen molar-refractivity contribution in [1.82, 2.24) is 0 Å². The number of benzene rings is 1. The summed E-state index contributed by atoms with van der Waals surface area (Å²) in [5, 5.41) is 9.14. The molecule has 0 spiro atoms. The topological polar surface area (TPSA) is 66.4 Å². The van der Waals surface area contributed by atoms with E-state index in [0.717, 1.165) is 0 Å². The van der Waals surface area contributed by atoms with Crippen LogP contribution in [0.3, 0.4) is 0 Å². The van der Waals surface area contributed by atoms with Crippen molar-refractivity contribution in [2.75, 3.05) is 16.4 Å². The molecule has 0 aromatic heterocycles. The van der Waals surface area contributed by atoms with E-state index < -0.39 is 10.0 Å². The van der Waals surface area contributed by atoms with Gasteiger partial charge >= 0.3 is 0 Å². The normalized spacial score (nSPS) is 11.3. The van der Waals surface area contributed by atoms with Gasteiger partial charge in [-0.1, -0.05) is 0 Å². The summed E-state index contributed by atoms with van der Waals surface area (Å²) in [7, 11) is -3.38. The van der Waals surface area contributed by atoms with Crippen LogP contribution in [-0.2, 0) is 10.0 Å². The van der Waals surface area contributed by atoms with Crippen LogP contribution in [0.15, 0.2) is 18.2 Å². The second kappa shape index (κ2) is 4.72. The fraction of sp³-hybridized carbons (Fsp3) is 0.333. The zero-order chi connectivity index (χ0) is 11.5. The van der Waals surface area contributed by atoms with Gasteiger partial charge in [0.15, 0.2) is 0 Å². The minimum Gasteiger partial charge on any atom is -0.508 e. The van der Waals surface area contributed by atoms with Crippen LogP contribution in [0.5, 0.6) is 5.75 Å². The summed E-state index contributed by atoms with van der Waals surface area (Å²) < 4.78 is 25.1. The molecular weight excluding hydrogens is 238 g/mol. The summed E-state index contributed by atoms with van der Waals surface area (Å²) in [5.41, 5.74) is 1.12. The predicted molar refractivity (Wildman–Crippen MR) is 61.0 cm³/mol. The van der Waals surface area contributed by atoms with E-state index in [0.29, 0.717) is 11.3 Å². The molecule has 0 fully saturated rings. The van der Waals surface area contributed by atoms with Gasteiger partial charge in [-0.15, -0.1) is 11.6 Å². The molecule has 6 heteroatoms. The van der Waals surface area contributed by atoms with Gasteiger partial charge in [-0.2, -0.15) is 0 Å². The van der Waals surface area contributed by atoms with Crippen molar-refractivity contribution in [3.8, 4) is 5.75 Å². The van der Waals surface area contributed by atoms with E-state index in [9.17, 15) is 8.42 Å². The number of rotatable bonds is 4. The Morgan fingerprint density at radius 2 is 2.13 bits per heavy atom. The highest BCUT2D eigenvalue weighted by molar-refractivity contribution is 7.92. The number of phenols is 1. The van der Waals surface area contributed by atoms with Crippen LogP contribution < -0.4 is 4.72 Å². The molecule has 0 atom stereocenters. The Morgan fingerprint density at radius 1 is 1.47 bits per heavy atom. The third-order valence-electron chi connectivity index (χ3n) is 1.82. The molecule has 1 aromatic rings. The average molecular weight is 250 g/mol. The number of phenolic OH excluding ortho intramolecular Hbond substituents is 1. The van der Waals surface area contributed by atoms with E-state index in [4.69, 9.17) is 16.7 Å². The molecule has 0 radical (unpaired) electrons. The first kappa shape index (κ1) is 12.1. The Bertz CT molecular complexity index is 445. The van der Waals surface area contributed by atoms with Crippen LogP contribution in [0.4, 0.5) is 5.69 Å². The quantitative estimate of drug-likeness (QED) is 0.630. The molecular formula is C9H12ClNO3S. The van der Waals surface area contributed by atoms with Gasteiger partial charge in [0.25, 0.3) is 0 Å². The van der Waals surface area contributed by atoms with Gasteiger partial charge in [-0.05, 0) is 30.7 Å². The summed E-state index contributed by atoms with van der Waals surface area (Å²) in [6, 6.07) is 4.42. The van der Waals surface area contributed by atoms with Crippen molar-refractivity contribution in [2.45, 2.75) is 6.92 Å². The highest BCUT2D eigenvalue weighted by Crippen LogP contribution is 2.21. The molecule has 0 amide bonds. The molecule has 1 aromatic carbocycles. The predicted octanol–water partition coefficient (Wildman–Crippen LogP) is 1.68. The van der Waals surface area contributed by atoms with Gasteiger partial charge < -0.3 is 5.11 Å². The van der Waals surface area contributed by atoms with Crippen molar-refractivity contribution in [3.05, 3.63) is 23.8 Å². The minimum atomic E-state index is -3.38. The molecule has 4 nitrogen and oxygen atoms in total. The molecule has 0 unspecified atom stereocenters. The molecule has 1 rings (SSSR count). The maximum absolute atomic E-state index is 11.4. The summed E-state index contributed by atoms with van der Waals surface area (Å²) in [6.45, 7) is 1.71. The summed E-state index contributed by atoms with van der Waals surface area (Å²) in [4.78, 5) is 0. The number of alkyl halides is 1. The molecule has 2 N–H and O–H groups in total. The lowest BCUT2D eigenvalue weighted by atomic mass is 10.2. The highest BCUT2D eigenvalue weighted by Gasteiger charge is 2.10. The zero-order valence-corrected chi connectivity index (χ0v) is 9.77. The Labute approximate surface area is 93.9 Å². The molecule has 0 aliphatic carbocycles. The third kappa shape index (κ3) is 3.60. The first-order chi connectivity index (χ1) is 6.94. The third-order valence-corrected chi connectivity index (χ3v) is 3.51. The standard InChI is InChI=1S/C9H12ClNO3S/c1-7-6-8(12)2-3-9(7)11-15(13,14)5-4-10/h2-3,6,11-12H,4-5H2,1H3. The van der Waals surface area contributed by atoms with E-state index in [-0.39, 0.29) is 17.4 Å². The average Bonchev–Trinajstić information content (AvgIpc) is 2.09. The number of nitrogens with one attached hydrogen (secondary N) is 1. The van der Waals surface area contributed by atoms with Crippen molar-refractivity contribution in [3.63, 3.8) is 0 Å². The van der Waals surface area contributed by atoms with Gasteiger partial charge in [0.05, 0.1) is 11.4 Å². The van der Waals surface area contributed by atoms with Crippen LogP contribution >= 0.6 is 11.6 Å². The number of halogens is 1. The van der Waals surface area contributed by atoms with Crippen molar-refractivity contribution < 1.29 is 13.5 Å². The zero-order valence-electron chi connectivity index (χ0n) is 8.20. The molecule has 15 heavy (non-hydrogen) atoms. The largest absolute Gasteiger partial charge is 0.508 e. The van der Waals surface area contributed by atoms with Crippen LogP contribution in [0.1, 0.15) is 5.56 Å². The van der Waals surface area contributed by atoms with E-state index in [2.05, 4.69) is 4.72 Å². The minimum absolute atomic E-state index is 0.0481. The molecule has 84 valence electrons. The number of aromatic hydroxyl groups is 1. The monoisotopic (exact) mass is 249 g/mol. The molecule has 0 heterocycles. The van der Waals surface area contributed by atoms with Crippen molar-refractivity contribution in [1.29, 1.82) is 0 Å². The number of aryl methyl sites for hydroxylation is 1. The van der Waals surface area contributed by atoms with E-state index in [1.54, 1.807) is 6.92 Å². The van der Waals surface area contributed by atoms with Crippen LogP contribution in [-0.4, -0.2) is 25.2 Å². The van der Waals surface area contributed by atoms with Gasteiger partial charge in [0, 0.05) is 5.88 Å². The van der Waals surface area contributed by atoms with E-state index in [1.807, 2.05) is 0 Å². The maximum atomic E-state index is 11.4. The molecule has 0 saturated heterocycles. The maximum Gasteiger partial charge on any atom is 0.233 e. The second-order valence-corrected chi connectivity index (χ2v) is 5.33. The lowest BCUT2D eigenvalue weighted by Gasteiger charge is -2.09. The lowest BCUT2D eigenvalue weighted by Crippen LogP contribution is -2.18. The smallest absolute Gasteiger partial charge is 0.233 e. The molecule has 0 bridgehead atoms. The summed E-state index contributed by atoms with van der Waals surface area (Å²) in [6.07, 6.45) is 0. The Morgan fingerprint density at radius 3 is 2.67 bits per heavy atom. The Hall–Kier alpha value is -0.940. The van der Waals surface area contributed by atoms with Gasteiger partial charge in [0.2, 0.25) is 10.0 Å². The van der Waals surface area contributed by atoms with Crippen LogP contribution in [0.2, 0.25) is 0 Å². The fourth-order valence-corrected chi connectivity index (χ4v) is 2.56. The summed E-state index contributed by atoms with van der Waals surface area (Å²) >= 11 is 5.36. The van der Waals surface area contributed by atoms with Crippen molar-refractivity contribution >= 4 is 27.3 Å². The number of hydrogen-bond donors (Lipinski definition) is 2. The van der Waals surface area contributed by atoms with Gasteiger partial charge in [0.1, 0.15) is 5.75 Å². The van der Waals surface area contributed by atoms with E-state index in [1.165, 1.54) is 18.2 Å². The molecule has 0 aliphatic rings. The second-order valence-electron chi connectivity index (χ2n) is 3.11. The van der Waals surface area contributed by atoms with E-state index >= 15 is 0 Å². The number of hydrogen-bond acceptors (Lipinski definition) is 3. The Balaban J connectivity index is 2.90. The molecule has 0 aliphatic heterocycles. The highest BCUT2D eigenvalue weighted by atomic mass is 35.5. The fourth-order valence-electron chi connectivity index (χ4n) is 1.08.